The first-order chi connectivity index (χ1) is 7.84. The van der Waals surface area contributed by atoms with Gasteiger partial charge < -0.3 is 4.74 Å². The van der Waals surface area contributed by atoms with Gasteiger partial charge in [0, 0.05) is 6.08 Å². The summed E-state index contributed by atoms with van der Waals surface area (Å²) >= 11 is 0. The smallest absolute Gasteiger partial charge is 0.330 e. The summed E-state index contributed by atoms with van der Waals surface area (Å²) in [6, 6.07) is 0. The van der Waals surface area contributed by atoms with Crippen molar-refractivity contribution in [1.82, 2.24) is 0 Å². The maximum atomic E-state index is 11.4. The standard InChI is InChI=1S/C14H22O2/c15-14(10-9-12-5-1-2-6-12)16-11-13-7-3-4-8-13/h9-10,12-13H,1-8,11H2/b10-9+. The summed E-state index contributed by atoms with van der Waals surface area (Å²) in [6.07, 6.45) is 13.9. The molecule has 2 rings (SSSR count). The molecule has 0 aromatic rings. The van der Waals surface area contributed by atoms with Crippen LogP contribution < -0.4 is 0 Å². The van der Waals surface area contributed by atoms with Crippen molar-refractivity contribution in [3.05, 3.63) is 12.2 Å². The fourth-order valence-corrected chi connectivity index (χ4v) is 2.79. The highest BCUT2D eigenvalue weighted by Crippen LogP contribution is 2.26. The molecule has 2 fully saturated rings. The molecule has 0 bridgehead atoms. The van der Waals surface area contributed by atoms with Gasteiger partial charge in [-0.25, -0.2) is 4.79 Å². The molecule has 2 aliphatic carbocycles. The van der Waals surface area contributed by atoms with Crippen molar-refractivity contribution in [3.63, 3.8) is 0 Å². The molecule has 0 atom stereocenters. The Morgan fingerprint density at radius 3 is 2.38 bits per heavy atom. The molecule has 0 aromatic carbocycles. The Morgan fingerprint density at radius 2 is 1.69 bits per heavy atom. The van der Waals surface area contributed by atoms with Crippen molar-refractivity contribution in [3.8, 4) is 0 Å². The van der Waals surface area contributed by atoms with Gasteiger partial charge in [-0.1, -0.05) is 31.8 Å². The molecule has 2 aliphatic rings. The van der Waals surface area contributed by atoms with Crippen molar-refractivity contribution in [2.75, 3.05) is 6.61 Å². The number of carbonyl (C=O) groups is 1. The molecule has 90 valence electrons. The molecule has 0 spiro atoms. The van der Waals surface area contributed by atoms with E-state index in [4.69, 9.17) is 4.74 Å². The van der Waals surface area contributed by atoms with Crippen molar-refractivity contribution >= 4 is 5.97 Å². The average molecular weight is 222 g/mol. The summed E-state index contributed by atoms with van der Waals surface area (Å²) in [5.74, 6) is 1.11. The second-order valence-corrected chi connectivity index (χ2v) is 5.18. The predicted octanol–water partition coefficient (Wildman–Crippen LogP) is 3.47. The van der Waals surface area contributed by atoms with Crippen LogP contribution in [0.5, 0.6) is 0 Å². The largest absolute Gasteiger partial charge is 0.462 e. The molecular weight excluding hydrogens is 200 g/mol. The molecule has 2 nitrogen and oxygen atoms in total. The van der Waals surface area contributed by atoms with Gasteiger partial charge in [0.05, 0.1) is 6.61 Å². The van der Waals surface area contributed by atoms with Crippen LogP contribution in [0.4, 0.5) is 0 Å². The Hall–Kier alpha value is -0.790. The Kier molecular flexibility index (Phi) is 4.44. The van der Waals surface area contributed by atoms with Gasteiger partial charge in [0.2, 0.25) is 0 Å². The molecule has 0 heterocycles. The van der Waals surface area contributed by atoms with E-state index in [0.29, 0.717) is 18.4 Å². The van der Waals surface area contributed by atoms with E-state index in [9.17, 15) is 4.79 Å². The molecule has 0 amide bonds. The van der Waals surface area contributed by atoms with Crippen molar-refractivity contribution in [1.29, 1.82) is 0 Å². The van der Waals surface area contributed by atoms with Gasteiger partial charge >= 0.3 is 5.97 Å². The predicted molar refractivity (Wildman–Crippen MR) is 64.0 cm³/mol. The molecule has 16 heavy (non-hydrogen) atoms. The van der Waals surface area contributed by atoms with E-state index in [1.165, 1.54) is 51.4 Å². The topological polar surface area (TPSA) is 26.3 Å². The summed E-state index contributed by atoms with van der Waals surface area (Å²) in [5, 5.41) is 0. The van der Waals surface area contributed by atoms with Gasteiger partial charge in [-0.05, 0) is 37.5 Å². The summed E-state index contributed by atoms with van der Waals surface area (Å²) in [7, 11) is 0. The number of allylic oxidation sites excluding steroid dienone is 1. The van der Waals surface area contributed by atoms with Gasteiger partial charge in [0.15, 0.2) is 0 Å². The quantitative estimate of drug-likeness (QED) is 0.538. The highest BCUT2D eigenvalue weighted by Gasteiger charge is 2.16. The Bertz CT molecular complexity index is 245. The van der Waals surface area contributed by atoms with Gasteiger partial charge in [0.25, 0.3) is 0 Å². The number of ether oxygens (including phenoxy) is 1. The monoisotopic (exact) mass is 222 g/mol. The van der Waals surface area contributed by atoms with Crippen molar-refractivity contribution in [2.45, 2.75) is 51.4 Å². The molecule has 0 aliphatic heterocycles. The van der Waals surface area contributed by atoms with Gasteiger partial charge in [-0.15, -0.1) is 0 Å². The minimum atomic E-state index is -0.140. The lowest BCUT2D eigenvalue weighted by atomic mass is 10.1. The Labute approximate surface area is 98.1 Å². The van der Waals surface area contributed by atoms with Crippen LogP contribution in [0.2, 0.25) is 0 Å². The zero-order chi connectivity index (χ0) is 11.2. The first-order valence-corrected chi connectivity index (χ1v) is 6.69. The van der Waals surface area contributed by atoms with E-state index >= 15 is 0 Å². The van der Waals surface area contributed by atoms with E-state index in [0.717, 1.165) is 0 Å². The van der Waals surface area contributed by atoms with Crippen LogP contribution in [-0.2, 0) is 9.53 Å². The second kappa shape index (κ2) is 6.07. The van der Waals surface area contributed by atoms with E-state index in [1.54, 1.807) is 6.08 Å². The first kappa shape index (κ1) is 11.7. The lowest BCUT2D eigenvalue weighted by Crippen LogP contribution is -2.10. The van der Waals surface area contributed by atoms with Gasteiger partial charge in [-0.2, -0.15) is 0 Å². The van der Waals surface area contributed by atoms with Crippen LogP contribution in [0.3, 0.4) is 0 Å². The Morgan fingerprint density at radius 1 is 1.06 bits per heavy atom. The average Bonchev–Trinajstić information content (AvgIpc) is 2.96. The Balaban J connectivity index is 1.63. The number of hydrogen-bond donors (Lipinski definition) is 0. The van der Waals surface area contributed by atoms with Crippen LogP contribution in [0.1, 0.15) is 51.4 Å². The zero-order valence-electron chi connectivity index (χ0n) is 9.99. The highest BCUT2D eigenvalue weighted by atomic mass is 16.5. The number of hydrogen-bond acceptors (Lipinski definition) is 2. The molecule has 0 radical (unpaired) electrons. The molecule has 2 heteroatoms. The molecule has 0 N–H and O–H groups in total. The zero-order valence-corrected chi connectivity index (χ0v) is 9.99. The molecule has 0 saturated heterocycles. The fraction of sp³-hybridized carbons (Fsp3) is 0.786. The van der Waals surface area contributed by atoms with Gasteiger partial charge in [0.1, 0.15) is 0 Å². The summed E-state index contributed by atoms with van der Waals surface area (Å²) in [4.78, 5) is 11.4. The molecule has 0 aromatic heterocycles. The summed E-state index contributed by atoms with van der Waals surface area (Å²) < 4.78 is 5.26. The maximum absolute atomic E-state index is 11.4. The molecule has 2 saturated carbocycles. The maximum Gasteiger partial charge on any atom is 0.330 e. The van der Waals surface area contributed by atoms with Crippen molar-refractivity contribution in [2.24, 2.45) is 11.8 Å². The third-order valence-electron chi connectivity index (χ3n) is 3.84. The molecule has 0 unspecified atom stereocenters. The van der Waals surface area contributed by atoms with E-state index < -0.39 is 0 Å². The third kappa shape index (κ3) is 3.66. The van der Waals surface area contributed by atoms with Crippen molar-refractivity contribution < 1.29 is 9.53 Å². The fourth-order valence-electron chi connectivity index (χ4n) is 2.79. The van der Waals surface area contributed by atoms with Gasteiger partial charge in [-0.3, -0.25) is 0 Å². The van der Waals surface area contributed by atoms with Crippen LogP contribution in [-0.4, -0.2) is 12.6 Å². The number of carbonyl (C=O) groups excluding carboxylic acids is 1. The second-order valence-electron chi connectivity index (χ2n) is 5.18. The van der Waals surface area contributed by atoms with E-state index in [1.807, 2.05) is 6.08 Å². The number of esters is 1. The first-order valence-electron chi connectivity index (χ1n) is 6.69. The number of rotatable bonds is 4. The van der Waals surface area contributed by atoms with Crippen LogP contribution in [0, 0.1) is 11.8 Å². The SMILES string of the molecule is O=C(/C=C/C1CCCC1)OCC1CCCC1. The summed E-state index contributed by atoms with van der Waals surface area (Å²) in [6.45, 7) is 0.633. The minimum Gasteiger partial charge on any atom is -0.462 e. The third-order valence-corrected chi connectivity index (χ3v) is 3.84. The van der Waals surface area contributed by atoms with Crippen LogP contribution in [0.25, 0.3) is 0 Å². The summed E-state index contributed by atoms with van der Waals surface area (Å²) in [5.41, 5.74) is 0. The van der Waals surface area contributed by atoms with Crippen LogP contribution in [0.15, 0.2) is 12.2 Å². The van der Waals surface area contributed by atoms with E-state index in [2.05, 4.69) is 0 Å². The lowest BCUT2D eigenvalue weighted by Gasteiger charge is -2.08. The lowest BCUT2D eigenvalue weighted by molar-refractivity contribution is -0.139. The highest BCUT2D eigenvalue weighted by molar-refractivity contribution is 5.81. The van der Waals surface area contributed by atoms with Crippen LogP contribution >= 0.6 is 0 Å². The molecular formula is C14H22O2. The minimum absolute atomic E-state index is 0.140. The van der Waals surface area contributed by atoms with E-state index in [-0.39, 0.29) is 5.97 Å². The normalized spacial score (nSPS) is 23.2.